The van der Waals surface area contributed by atoms with Gasteiger partial charge in [-0.3, -0.25) is 4.79 Å². The molecule has 3 rings (SSSR count). The van der Waals surface area contributed by atoms with Gasteiger partial charge in [-0.1, -0.05) is 24.3 Å². The van der Waals surface area contributed by atoms with Crippen LogP contribution < -0.4 is 5.32 Å². The third-order valence-electron chi connectivity index (χ3n) is 3.69. The normalized spacial score (nSPS) is 18.2. The number of thioether (sulfide) groups is 1. The Morgan fingerprint density at radius 3 is 2.56 bits per heavy atom. The third-order valence-corrected chi connectivity index (χ3v) is 6.23. The van der Waals surface area contributed by atoms with E-state index in [0.29, 0.717) is 11.3 Å². The average Bonchev–Trinajstić information content (AvgIpc) is 2.93. The topological polar surface area (TPSA) is 63.2 Å². The number of hydrogen-bond donors (Lipinski definition) is 1. The van der Waals surface area contributed by atoms with Crippen molar-refractivity contribution in [1.82, 2.24) is 5.32 Å². The predicted octanol–water partition coefficient (Wildman–Crippen LogP) is 3.16. The van der Waals surface area contributed by atoms with E-state index in [1.54, 1.807) is 24.3 Å². The van der Waals surface area contributed by atoms with E-state index in [1.165, 1.54) is 30.0 Å². The summed E-state index contributed by atoms with van der Waals surface area (Å²) in [6, 6.07) is 12.9. The van der Waals surface area contributed by atoms with E-state index in [0.717, 1.165) is 15.9 Å². The Labute approximate surface area is 150 Å². The second-order valence-electron chi connectivity index (χ2n) is 5.65. The molecule has 0 bridgehead atoms. The fourth-order valence-corrected chi connectivity index (χ4v) is 4.67. The van der Waals surface area contributed by atoms with Gasteiger partial charge in [-0.25, -0.2) is 12.8 Å². The minimum Gasteiger partial charge on any atom is -0.345 e. The van der Waals surface area contributed by atoms with E-state index in [9.17, 15) is 17.6 Å². The zero-order valence-electron chi connectivity index (χ0n) is 13.2. The molecule has 1 atom stereocenters. The molecule has 0 radical (unpaired) electrons. The predicted molar refractivity (Wildman–Crippen MR) is 96.6 cm³/mol. The standard InChI is InChI=1S/C18H16FNO3S2/c19-14-7-5-13(6-8-14)11-24-17-4-2-1-3-16(17)18(21)20-15-9-10-25(22,23)12-15/h1-10,15H,11-12H2,(H,20,21). The Hall–Kier alpha value is -2.12. The Kier molecular flexibility index (Phi) is 5.24. The molecule has 2 aromatic rings. The summed E-state index contributed by atoms with van der Waals surface area (Å²) in [5.74, 6) is -0.103. The molecule has 1 amide bonds. The van der Waals surface area contributed by atoms with Gasteiger partial charge in [-0.15, -0.1) is 11.8 Å². The molecule has 0 spiro atoms. The van der Waals surface area contributed by atoms with Crippen LogP contribution in [0.3, 0.4) is 0 Å². The summed E-state index contributed by atoms with van der Waals surface area (Å²) in [7, 11) is -3.21. The molecule has 0 aromatic heterocycles. The van der Waals surface area contributed by atoms with Gasteiger partial charge in [-0.2, -0.15) is 0 Å². The van der Waals surface area contributed by atoms with Crippen molar-refractivity contribution in [2.24, 2.45) is 0 Å². The van der Waals surface area contributed by atoms with Gasteiger partial charge in [0.25, 0.3) is 5.91 Å². The highest BCUT2D eigenvalue weighted by atomic mass is 32.2. The fraction of sp³-hybridized carbons (Fsp3) is 0.167. The van der Waals surface area contributed by atoms with Crippen molar-refractivity contribution in [2.75, 3.05) is 5.75 Å². The summed E-state index contributed by atoms with van der Waals surface area (Å²) in [6.07, 6.45) is 1.49. The minimum atomic E-state index is -3.21. The van der Waals surface area contributed by atoms with E-state index in [4.69, 9.17) is 0 Å². The lowest BCUT2D eigenvalue weighted by molar-refractivity contribution is 0.0944. The number of carbonyl (C=O) groups is 1. The molecular weight excluding hydrogens is 361 g/mol. The first-order chi connectivity index (χ1) is 11.9. The van der Waals surface area contributed by atoms with Crippen LogP contribution in [-0.2, 0) is 15.6 Å². The molecule has 7 heteroatoms. The Morgan fingerprint density at radius 1 is 1.16 bits per heavy atom. The molecule has 130 valence electrons. The summed E-state index contributed by atoms with van der Waals surface area (Å²) in [6.45, 7) is 0. The maximum Gasteiger partial charge on any atom is 0.252 e. The molecule has 4 nitrogen and oxygen atoms in total. The number of carbonyl (C=O) groups excluding carboxylic acids is 1. The van der Waals surface area contributed by atoms with E-state index in [1.807, 2.05) is 12.1 Å². The Bertz CT molecular complexity index is 908. The van der Waals surface area contributed by atoms with E-state index < -0.39 is 15.9 Å². The van der Waals surface area contributed by atoms with Crippen molar-refractivity contribution in [3.8, 4) is 0 Å². The van der Waals surface area contributed by atoms with Crippen molar-refractivity contribution in [3.63, 3.8) is 0 Å². The van der Waals surface area contributed by atoms with Crippen molar-refractivity contribution >= 4 is 27.5 Å². The SMILES string of the molecule is O=C(NC1C=CS(=O)(=O)C1)c1ccccc1SCc1ccc(F)cc1. The van der Waals surface area contributed by atoms with Crippen molar-refractivity contribution in [2.45, 2.75) is 16.7 Å². The van der Waals surface area contributed by atoms with Crippen LogP contribution in [0, 0.1) is 5.82 Å². The van der Waals surface area contributed by atoms with Gasteiger partial charge in [-0.05, 0) is 35.9 Å². The van der Waals surface area contributed by atoms with Crippen molar-refractivity contribution in [3.05, 3.63) is 77.0 Å². The second kappa shape index (κ2) is 7.41. The molecule has 0 fully saturated rings. The summed E-state index contributed by atoms with van der Waals surface area (Å²) >= 11 is 1.47. The van der Waals surface area contributed by atoms with Gasteiger partial charge in [0.15, 0.2) is 9.84 Å². The average molecular weight is 377 g/mol. The lowest BCUT2D eigenvalue weighted by Gasteiger charge is -2.13. The van der Waals surface area contributed by atoms with Gasteiger partial charge in [0.1, 0.15) is 5.82 Å². The Morgan fingerprint density at radius 2 is 1.88 bits per heavy atom. The highest BCUT2D eigenvalue weighted by Gasteiger charge is 2.24. The first kappa shape index (κ1) is 17.7. The van der Waals surface area contributed by atoms with E-state index in [2.05, 4.69) is 5.32 Å². The molecule has 1 aliphatic rings. The first-order valence-electron chi connectivity index (χ1n) is 7.61. The number of sulfone groups is 1. The van der Waals surface area contributed by atoms with E-state index in [-0.39, 0.29) is 17.5 Å². The fourth-order valence-electron chi connectivity index (χ4n) is 2.43. The summed E-state index contributed by atoms with van der Waals surface area (Å²) in [5.41, 5.74) is 1.44. The van der Waals surface area contributed by atoms with Crippen LogP contribution in [-0.4, -0.2) is 26.1 Å². The molecule has 2 aromatic carbocycles. The second-order valence-corrected chi connectivity index (χ2v) is 8.60. The largest absolute Gasteiger partial charge is 0.345 e. The maximum atomic E-state index is 13.0. The zero-order chi connectivity index (χ0) is 17.9. The number of amides is 1. The molecule has 1 heterocycles. The molecule has 0 aliphatic carbocycles. The number of benzene rings is 2. The first-order valence-corrected chi connectivity index (χ1v) is 10.3. The molecule has 1 N–H and O–H groups in total. The third kappa shape index (κ3) is 4.70. The zero-order valence-corrected chi connectivity index (χ0v) is 14.8. The van der Waals surface area contributed by atoms with Crippen LogP contribution in [0.4, 0.5) is 4.39 Å². The summed E-state index contributed by atoms with van der Waals surface area (Å²) in [5, 5.41) is 3.86. The molecular formula is C18H16FNO3S2. The van der Waals surface area contributed by atoms with Crippen LogP contribution >= 0.6 is 11.8 Å². The van der Waals surface area contributed by atoms with Crippen LogP contribution in [0.25, 0.3) is 0 Å². The van der Waals surface area contributed by atoms with Gasteiger partial charge in [0, 0.05) is 16.1 Å². The van der Waals surface area contributed by atoms with Gasteiger partial charge in [0.05, 0.1) is 17.4 Å². The summed E-state index contributed by atoms with van der Waals surface area (Å²) in [4.78, 5) is 13.3. The summed E-state index contributed by atoms with van der Waals surface area (Å²) < 4.78 is 35.8. The number of nitrogens with one attached hydrogen (secondary N) is 1. The highest BCUT2D eigenvalue weighted by Crippen LogP contribution is 2.26. The van der Waals surface area contributed by atoms with E-state index >= 15 is 0 Å². The maximum absolute atomic E-state index is 13.0. The van der Waals surface area contributed by atoms with Crippen LogP contribution in [0.1, 0.15) is 15.9 Å². The van der Waals surface area contributed by atoms with Crippen LogP contribution in [0.2, 0.25) is 0 Å². The van der Waals surface area contributed by atoms with Crippen molar-refractivity contribution < 1.29 is 17.6 Å². The van der Waals surface area contributed by atoms with Gasteiger partial charge in [0.2, 0.25) is 0 Å². The molecule has 1 aliphatic heterocycles. The van der Waals surface area contributed by atoms with Crippen molar-refractivity contribution in [1.29, 1.82) is 0 Å². The number of hydrogen-bond acceptors (Lipinski definition) is 4. The molecule has 1 unspecified atom stereocenters. The monoisotopic (exact) mass is 377 g/mol. The van der Waals surface area contributed by atoms with Crippen LogP contribution in [0.5, 0.6) is 0 Å². The quantitative estimate of drug-likeness (QED) is 0.813. The minimum absolute atomic E-state index is 0.108. The lowest BCUT2D eigenvalue weighted by Crippen LogP contribution is -2.35. The van der Waals surface area contributed by atoms with Gasteiger partial charge < -0.3 is 5.32 Å². The van der Waals surface area contributed by atoms with Gasteiger partial charge >= 0.3 is 0 Å². The highest BCUT2D eigenvalue weighted by molar-refractivity contribution is 7.98. The number of rotatable bonds is 5. The Balaban J connectivity index is 1.69. The molecule has 25 heavy (non-hydrogen) atoms. The van der Waals surface area contributed by atoms with Crippen LogP contribution in [0.15, 0.2) is 64.9 Å². The molecule has 0 saturated heterocycles. The molecule has 0 saturated carbocycles. The lowest BCUT2D eigenvalue weighted by atomic mass is 10.2. The smallest absolute Gasteiger partial charge is 0.252 e. The number of halogens is 1.